The fourth-order valence-corrected chi connectivity index (χ4v) is 4.42. The van der Waals surface area contributed by atoms with E-state index in [1.165, 1.54) is 12.1 Å². The van der Waals surface area contributed by atoms with E-state index in [-0.39, 0.29) is 45.3 Å². The molecule has 0 aliphatic heterocycles. The minimum atomic E-state index is -5.04. The van der Waals surface area contributed by atoms with Crippen LogP contribution in [0.3, 0.4) is 0 Å². The van der Waals surface area contributed by atoms with Crippen molar-refractivity contribution in [3.05, 3.63) is 117 Å². The lowest BCUT2D eigenvalue weighted by molar-refractivity contribution is -0.140. The normalized spacial score (nSPS) is 14.7. The van der Waals surface area contributed by atoms with Crippen molar-refractivity contribution in [2.45, 2.75) is 12.4 Å². The number of rotatable bonds is 2. The average Bonchev–Trinajstić information content (AvgIpc) is 2.92. The lowest BCUT2D eigenvalue weighted by Crippen LogP contribution is -2.25. The molecule has 0 amide bonds. The summed E-state index contributed by atoms with van der Waals surface area (Å²) in [4.78, 5) is 15.6. The zero-order chi connectivity index (χ0) is 30.4. The van der Waals surface area contributed by atoms with Crippen LogP contribution in [0.5, 0.6) is 0 Å². The molecule has 14 heteroatoms. The number of nitrogens with zero attached hydrogens (tertiary/aromatic N) is 6. The Hall–Kier alpha value is -5.50. The van der Waals surface area contributed by atoms with E-state index >= 15 is 0 Å². The summed E-state index contributed by atoms with van der Waals surface area (Å²) in [5, 5.41) is 13.1. The Morgan fingerprint density at radius 1 is 0.690 bits per heavy atom. The minimum Gasteiger partial charge on any atom is -0.241 e. The summed E-state index contributed by atoms with van der Waals surface area (Å²) in [5.74, 6) is -3.37. The van der Waals surface area contributed by atoms with Crippen LogP contribution in [-0.4, -0.2) is 21.4 Å². The summed E-state index contributed by atoms with van der Waals surface area (Å²) >= 11 is 0. The standard InChI is InChI=1S/C28H10F8N6/c1-38-42-24-16-5-3-2-4-15(16)23(39-12-37)25-26(24)41-22(14-7-9-18(20(30)11-14)28(34,35)36)21(40-25)13-6-8-17(19(29)10-13)27(31,32)33/h2-11H/b39-23?,42-24-. The Kier molecular flexibility index (Phi) is 6.78. The lowest BCUT2D eigenvalue weighted by atomic mass is 9.87. The summed E-state index contributed by atoms with van der Waals surface area (Å²) in [6.45, 7) is 7.27. The van der Waals surface area contributed by atoms with Crippen LogP contribution < -0.4 is 0 Å². The molecule has 0 atom stereocenters. The molecule has 1 aliphatic carbocycles. The molecule has 208 valence electrons. The van der Waals surface area contributed by atoms with Gasteiger partial charge in [-0.3, -0.25) is 0 Å². The van der Waals surface area contributed by atoms with Crippen LogP contribution >= 0.6 is 0 Å². The number of benzene rings is 3. The van der Waals surface area contributed by atoms with Crippen LogP contribution in [-0.2, 0) is 12.4 Å². The molecule has 42 heavy (non-hydrogen) atoms. The van der Waals surface area contributed by atoms with Gasteiger partial charge < -0.3 is 0 Å². The Labute approximate surface area is 230 Å². The molecule has 0 saturated heterocycles. The number of aromatic nitrogens is 2. The molecule has 1 aliphatic rings. The third-order valence-electron chi connectivity index (χ3n) is 6.19. The zero-order valence-electron chi connectivity index (χ0n) is 20.5. The molecule has 0 N–H and O–H groups in total. The molecule has 3 aromatic carbocycles. The van der Waals surface area contributed by atoms with Crippen molar-refractivity contribution in [1.82, 2.24) is 9.97 Å². The van der Waals surface area contributed by atoms with Gasteiger partial charge in [-0.2, -0.15) is 43.2 Å². The Balaban J connectivity index is 1.87. The van der Waals surface area contributed by atoms with Gasteiger partial charge in [-0.05, 0) is 24.3 Å². The Morgan fingerprint density at radius 2 is 1.14 bits per heavy atom. The van der Waals surface area contributed by atoms with E-state index in [9.17, 15) is 40.4 Å². The van der Waals surface area contributed by atoms with Crippen LogP contribution in [0.4, 0.5) is 35.1 Å². The second kappa shape index (κ2) is 10.2. The van der Waals surface area contributed by atoms with Crippen LogP contribution in [0, 0.1) is 29.7 Å². The highest BCUT2D eigenvalue weighted by molar-refractivity contribution is 6.30. The van der Waals surface area contributed by atoms with E-state index in [1.807, 2.05) is 0 Å². The molecule has 0 unspecified atom stereocenters. The quantitative estimate of drug-likeness (QED) is 0.0940. The number of hydrogen-bond acceptors (Lipinski definition) is 5. The van der Waals surface area contributed by atoms with Gasteiger partial charge in [0.05, 0.1) is 27.6 Å². The molecule has 1 heterocycles. The van der Waals surface area contributed by atoms with Crippen LogP contribution in [0.1, 0.15) is 33.6 Å². The van der Waals surface area contributed by atoms with Crippen molar-refractivity contribution < 1.29 is 35.1 Å². The fourth-order valence-electron chi connectivity index (χ4n) is 4.42. The third kappa shape index (κ3) is 4.83. The van der Waals surface area contributed by atoms with Crippen molar-refractivity contribution >= 4 is 11.4 Å². The predicted molar refractivity (Wildman–Crippen MR) is 133 cm³/mol. The lowest BCUT2D eigenvalue weighted by Gasteiger charge is -2.22. The first-order valence-corrected chi connectivity index (χ1v) is 11.5. The molecular weight excluding hydrogens is 572 g/mol. The second-order valence-corrected chi connectivity index (χ2v) is 8.66. The van der Waals surface area contributed by atoms with Crippen molar-refractivity contribution in [2.75, 3.05) is 0 Å². The van der Waals surface area contributed by atoms with Gasteiger partial charge in [0.2, 0.25) is 6.19 Å². The molecule has 4 aromatic rings. The Morgan fingerprint density at radius 3 is 1.55 bits per heavy atom. The first-order chi connectivity index (χ1) is 19.8. The number of nitriles is 1. The molecule has 0 bridgehead atoms. The number of aliphatic imine (C=N–C) groups is 1. The van der Waals surface area contributed by atoms with Gasteiger partial charge in [0, 0.05) is 22.3 Å². The maximum absolute atomic E-state index is 14.6. The van der Waals surface area contributed by atoms with Crippen LogP contribution in [0.15, 0.2) is 70.8 Å². The van der Waals surface area contributed by atoms with Gasteiger partial charge in [0.25, 0.3) is 0 Å². The van der Waals surface area contributed by atoms with Gasteiger partial charge in [-0.25, -0.2) is 18.7 Å². The molecule has 5 rings (SSSR count). The molecule has 0 radical (unpaired) electrons. The van der Waals surface area contributed by atoms with Gasteiger partial charge in [-0.15, -0.1) is 4.95 Å². The summed E-state index contributed by atoms with van der Waals surface area (Å²) in [7, 11) is 0. The van der Waals surface area contributed by atoms with Crippen molar-refractivity contribution in [3.8, 4) is 28.7 Å². The Bertz CT molecular complexity index is 1770. The zero-order valence-corrected chi connectivity index (χ0v) is 20.5. The number of halogens is 8. The highest BCUT2D eigenvalue weighted by atomic mass is 19.4. The number of alkyl halides is 6. The topological polar surface area (TPSA) is 78.6 Å². The van der Waals surface area contributed by atoms with Crippen molar-refractivity contribution in [1.29, 1.82) is 5.26 Å². The van der Waals surface area contributed by atoms with Crippen molar-refractivity contribution in [2.24, 2.45) is 10.1 Å². The predicted octanol–water partition coefficient (Wildman–Crippen LogP) is 7.43. The van der Waals surface area contributed by atoms with Crippen LogP contribution in [0.25, 0.3) is 27.5 Å². The van der Waals surface area contributed by atoms with Gasteiger partial charge in [0.1, 0.15) is 28.7 Å². The van der Waals surface area contributed by atoms with Gasteiger partial charge in [-0.1, -0.05) is 36.4 Å². The largest absolute Gasteiger partial charge is 0.419 e. The van der Waals surface area contributed by atoms with E-state index in [1.54, 1.807) is 18.3 Å². The summed E-state index contributed by atoms with van der Waals surface area (Å²) in [6, 6.07) is 9.84. The van der Waals surface area contributed by atoms with E-state index < -0.39 is 35.1 Å². The number of hydrogen-bond donors (Lipinski definition) is 0. The van der Waals surface area contributed by atoms with Crippen molar-refractivity contribution in [3.63, 3.8) is 0 Å². The molecule has 0 fully saturated rings. The highest BCUT2D eigenvalue weighted by Crippen LogP contribution is 2.39. The summed E-state index contributed by atoms with van der Waals surface area (Å²) < 4.78 is 109. The van der Waals surface area contributed by atoms with E-state index in [0.717, 1.165) is 12.1 Å². The van der Waals surface area contributed by atoms with E-state index in [4.69, 9.17) is 6.57 Å². The maximum atomic E-state index is 14.6. The minimum absolute atomic E-state index is 0.0706. The average molecular weight is 582 g/mol. The molecule has 0 saturated carbocycles. The highest BCUT2D eigenvalue weighted by Gasteiger charge is 2.37. The second-order valence-electron chi connectivity index (χ2n) is 8.66. The number of fused-ring (bicyclic) bond motifs is 2. The van der Waals surface area contributed by atoms with Gasteiger partial charge in [0.15, 0.2) is 5.71 Å². The molecular formula is C28H10F8N6. The van der Waals surface area contributed by atoms with Gasteiger partial charge >= 0.3 is 12.4 Å². The SMILES string of the molecule is [C-]#[N+]/N=C1/c2ccccc2C(=NC#N)c2nc(-c3ccc(C(F)(F)F)c(F)c3)c(-c3ccc(C(F)(F)F)c(F)c3)nc21. The first kappa shape index (κ1) is 28.0. The smallest absolute Gasteiger partial charge is 0.241 e. The maximum Gasteiger partial charge on any atom is 0.419 e. The molecule has 6 nitrogen and oxygen atoms in total. The molecule has 1 aromatic heterocycles. The fraction of sp³-hybridized carbons (Fsp3) is 0.0714. The summed E-state index contributed by atoms with van der Waals surface area (Å²) in [5.41, 5.74) is -4.43. The van der Waals surface area contributed by atoms with E-state index in [2.05, 4.69) is 25.0 Å². The third-order valence-corrected chi connectivity index (χ3v) is 6.19. The van der Waals surface area contributed by atoms with Crippen LogP contribution in [0.2, 0.25) is 0 Å². The molecule has 0 spiro atoms. The first-order valence-electron chi connectivity index (χ1n) is 11.5. The summed E-state index contributed by atoms with van der Waals surface area (Å²) in [6.07, 6.45) is -8.46. The monoisotopic (exact) mass is 582 g/mol. The van der Waals surface area contributed by atoms with E-state index in [0.29, 0.717) is 35.4 Å².